The molecule has 1 aromatic heterocycles. The minimum Gasteiger partial charge on any atom is -0.239 e. The van der Waals surface area contributed by atoms with Crippen LogP contribution in [0.5, 0.6) is 0 Å². The van der Waals surface area contributed by atoms with E-state index in [9.17, 15) is 13.2 Å². The summed E-state index contributed by atoms with van der Waals surface area (Å²) in [5.74, 6) is -0.200. The zero-order valence-electron chi connectivity index (χ0n) is 9.80. The number of hydrogen-bond acceptors (Lipinski definition) is 1. The maximum absolute atomic E-state index is 12.9. The van der Waals surface area contributed by atoms with E-state index in [4.69, 9.17) is 23.2 Å². The van der Waals surface area contributed by atoms with Gasteiger partial charge in [-0.25, -0.2) is 4.68 Å². The molecule has 0 radical (unpaired) electrons. The average Bonchev–Trinajstić information content (AvgIpc) is 2.68. The number of benzene rings is 1. The first-order valence-electron chi connectivity index (χ1n) is 5.31. The van der Waals surface area contributed by atoms with Crippen molar-refractivity contribution in [1.82, 2.24) is 9.78 Å². The molecule has 19 heavy (non-hydrogen) atoms. The summed E-state index contributed by atoms with van der Waals surface area (Å²) in [7, 11) is 0. The molecule has 0 bridgehead atoms. The third kappa shape index (κ3) is 2.87. The molecule has 0 aliphatic heterocycles. The third-order valence-corrected chi connectivity index (χ3v) is 3.31. The molecule has 2 aromatic rings. The molecule has 0 amide bonds. The zero-order valence-corrected chi connectivity index (χ0v) is 11.3. The lowest BCUT2D eigenvalue weighted by atomic mass is 10.1. The smallest absolute Gasteiger partial charge is 0.239 e. The molecule has 7 heteroatoms. The summed E-state index contributed by atoms with van der Waals surface area (Å²) in [5.41, 5.74) is 0.116. The molecular weight excluding hydrogens is 300 g/mol. The lowest BCUT2D eigenvalue weighted by Crippen LogP contribution is -2.10. The first kappa shape index (κ1) is 14.2. The van der Waals surface area contributed by atoms with Crippen molar-refractivity contribution in [3.05, 3.63) is 46.2 Å². The lowest BCUT2D eigenvalue weighted by molar-refractivity contribution is -0.138. The maximum Gasteiger partial charge on any atom is 0.416 e. The summed E-state index contributed by atoms with van der Waals surface area (Å²) < 4.78 is 40.0. The van der Waals surface area contributed by atoms with Crippen LogP contribution < -0.4 is 0 Å². The van der Waals surface area contributed by atoms with Crippen LogP contribution in [0.3, 0.4) is 0 Å². The lowest BCUT2D eigenvalue weighted by Gasteiger charge is -2.13. The molecular formula is C12H9Cl2F3N2. The van der Waals surface area contributed by atoms with Crippen LogP contribution in [0.1, 0.15) is 16.8 Å². The highest BCUT2D eigenvalue weighted by molar-refractivity contribution is 6.31. The number of hydrogen-bond donors (Lipinski definition) is 0. The molecule has 2 nitrogen and oxygen atoms in total. The largest absolute Gasteiger partial charge is 0.416 e. The van der Waals surface area contributed by atoms with Crippen molar-refractivity contribution in [2.75, 3.05) is 0 Å². The van der Waals surface area contributed by atoms with Gasteiger partial charge in [0.25, 0.3) is 0 Å². The summed E-state index contributed by atoms with van der Waals surface area (Å²) >= 11 is 11.4. The Hall–Kier alpha value is -1.20. The Kier molecular flexibility index (Phi) is 3.78. The Morgan fingerprint density at radius 3 is 2.47 bits per heavy atom. The molecule has 0 saturated heterocycles. The number of nitrogens with zero attached hydrogens (tertiary/aromatic N) is 2. The third-order valence-electron chi connectivity index (χ3n) is 2.65. The number of rotatable bonds is 2. The summed E-state index contributed by atoms with van der Waals surface area (Å²) in [6, 6.07) is 3.88. The molecule has 102 valence electrons. The van der Waals surface area contributed by atoms with E-state index in [1.54, 1.807) is 6.92 Å². The normalized spacial score (nSPS) is 11.9. The van der Waals surface area contributed by atoms with E-state index < -0.39 is 11.7 Å². The van der Waals surface area contributed by atoms with Gasteiger partial charge in [-0.15, -0.1) is 11.6 Å². The van der Waals surface area contributed by atoms with E-state index in [2.05, 4.69) is 5.10 Å². The van der Waals surface area contributed by atoms with Crippen LogP contribution in [0.15, 0.2) is 24.4 Å². The Labute approximate surface area is 117 Å². The fourth-order valence-corrected chi connectivity index (χ4v) is 2.02. The molecule has 0 unspecified atom stereocenters. The van der Waals surface area contributed by atoms with Gasteiger partial charge < -0.3 is 0 Å². The van der Waals surface area contributed by atoms with Crippen molar-refractivity contribution in [2.24, 2.45) is 0 Å². The first-order chi connectivity index (χ1) is 8.82. The molecule has 0 aliphatic carbocycles. The molecule has 1 heterocycles. The fraction of sp³-hybridized carbons (Fsp3) is 0.250. The quantitative estimate of drug-likeness (QED) is 0.742. The second-order valence-electron chi connectivity index (χ2n) is 3.98. The van der Waals surface area contributed by atoms with Gasteiger partial charge >= 0.3 is 6.18 Å². The number of aryl methyl sites for hydroxylation is 1. The standard InChI is InChI=1S/C12H9Cl2F3N2/c1-7-11(14)6-19(18-7)9-3-2-8(5-13)10(4-9)12(15,16)17/h2-4,6H,5H2,1H3. The van der Waals surface area contributed by atoms with E-state index in [-0.39, 0.29) is 17.1 Å². The predicted octanol–water partition coefficient (Wildman–Crippen LogP) is 4.59. The minimum atomic E-state index is -4.45. The van der Waals surface area contributed by atoms with Crippen LogP contribution in [0.2, 0.25) is 5.02 Å². The van der Waals surface area contributed by atoms with Crippen molar-refractivity contribution in [3.63, 3.8) is 0 Å². The SMILES string of the molecule is Cc1nn(-c2ccc(CCl)c(C(F)(F)F)c2)cc1Cl. The highest BCUT2D eigenvalue weighted by atomic mass is 35.5. The van der Waals surface area contributed by atoms with Gasteiger partial charge in [-0.05, 0) is 24.6 Å². The van der Waals surface area contributed by atoms with Gasteiger partial charge in [0.15, 0.2) is 0 Å². The van der Waals surface area contributed by atoms with Crippen LogP contribution in [0, 0.1) is 6.92 Å². The van der Waals surface area contributed by atoms with Crippen LogP contribution in [0.4, 0.5) is 13.2 Å². The Morgan fingerprint density at radius 2 is 2.00 bits per heavy atom. The number of alkyl halides is 4. The number of halogens is 5. The van der Waals surface area contributed by atoms with E-state index in [0.29, 0.717) is 10.7 Å². The molecule has 0 atom stereocenters. The summed E-state index contributed by atoms with van der Waals surface area (Å²) in [5, 5.41) is 4.44. The van der Waals surface area contributed by atoms with Crippen molar-refractivity contribution >= 4 is 23.2 Å². The molecule has 0 N–H and O–H groups in total. The molecule has 0 spiro atoms. The number of aromatic nitrogens is 2. The summed E-state index contributed by atoms with van der Waals surface area (Å²) in [4.78, 5) is 0. The van der Waals surface area contributed by atoms with Crippen molar-refractivity contribution in [1.29, 1.82) is 0 Å². The van der Waals surface area contributed by atoms with Gasteiger partial charge in [0.2, 0.25) is 0 Å². The monoisotopic (exact) mass is 308 g/mol. The van der Waals surface area contributed by atoms with E-state index >= 15 is 0 Å². The van der Waals surface area contributed by atoms with Crippen molar-refractivity contribution in [2.45, 2.75) is 19.0 Å². The van der Waals surface area contributed by atoms with Gasteiger partial charge in [-0.3, -0.25) is 0 Å². The van der Waals surface area contributed by atoms with Crippen LogP contribution >= 0.6 is 23.2 Å². The van der Waals surface area contributed by atoms with Crippen LogP contribution in [-0.4, -0.2) is 9.78 Å². The molecule has 1 aromatic carbocycles. The molecule has 0 aliphatic rings. The van der Waals surface area contributed by atoms with Gasteiger partial charge in [0.05, 0.1) is 22.0 Å². The van der Waals surface area contributed by atoms with Gasteiger partial charge in [0, 0.05) is 12.1 Å². The average molecular weight is 309 g/mol. The minimum absolute atomic E-state index is 0.0351. The predicted molar refractivity (Wildman–Crippen MR) is 67.9 cm³/mol. The van der Waals surface area contributed by atoms with Gasteiger partial charge in [-0.2, -0.15) is 18.3 Å². The van der Waals surface area contributed by atoms with Crippen molar-refractivity contribution in [3.8, 4) is 5.69 Å². The second kappa shape index (κ2) is 5.06. The second-order valence-corrected chi connectivity index (χ2v) is 4.65. The Morgan fingerprint density at radius 1 is 1.32 bits per heavy atom. The zero-order chi connectivity index (χ0) is 14.2. The van der Waals surface area contributed by atoms with Crippen molar-refractivity contribution < 1.29 is 13.2 Å². The van der Waals surface area contributed by atoms with Gasteiger partial charge in [0.1, 0.15) is 0 Å². The fourth-order valence-electron chi connectivity index (χ4n) is 1.66. The molecule has 0 fully saturated rings. The van der Waals surface area contributed by atoms with E-state index in [0.717, 1.165) is 6.07 Å². The Bertz CT molecular complexity index is 586. The molecule has 0 saturated carbocycles. The molecule has 2 rings (SSSR count). The van der Waals surface area contributed by atoms with E-state index in [1.165, 1.54) is 23.0 Å². The highest BCUT2D eigenvalue weighted by Gasteiger charge is 2.33. The summed E-state index contributed by atoms with van der Waals surface area (Å²) in [6.45, 7) is 1.68. The topological polar surface area (TPSA) is 17.8 Å². The van der Waals surface area contributed by atoms with Gasteiger partial charge in [-0.1, -0.05) is 17.7 Å². The van der Waals surface area contributed by atoms with E-state index in [1.807, 2.05) is 0 Å². The van der Waals surface area contributed by atoms with Crippen LogP contribution in [0.25, 0.3) is 5.69 Å². The Balaban J connectivity index is 2.55. The highest BCUT2D eigenvalue weighted by Crippen LogP contribution is 2.34. The summed E-state index contributed by atoms with van der Waals surface area (Å²) in [6.07, 6.45) is -2.99. The van der Waals surface area contributed by atoms with Crippen LogP contribution in [-0.2, 0) is 12.1 Å². The maximum atomic E-state index is 12.9. The first-order valence-corrected chi connectivity index (χ1v) is 6.22.